The predicted molar refractivity (Wildman–Crippen MR) is 87.9 cm³/mol. The Morgan fingerprint density at radius 1 is 1.10 bits per heavy atom. The molecule has 0 fully saturated rings. The van der Waals surface area contributed by atoms with Crippen molar-refractivity contribution in [2.75, 3.05) is 5.43 Å². The number of para-hydroxylation sites is 1. The number of rotatable bonds is 3. The second-order valence-electron chi connectivity index (χ2n) is 5.39. The van der Waals surface area contributed by atoms with Gasteiger partial charge in [-0.2, -0.15) is 0 Å². The van der Waals surface area contributed by atoms with Gasteiger partial charge < -0.3 is 5.11 Å². The minimum Gasteiger partial charge on any atom is -0.508 e. The molecule has 2 N–H and O–H groups in total. The summed E-state index contributed by atoms with van der Waals surface area (Å²) in [7, 11) is 0. The molecule has 21 heavy (non-hydrogen) atoms. The summed E-state index contributed by atoms with van der Waals surface area (Å²) in [5.41, 5.74) is 8.94. The van der Waals surface area contributed by atoms with Crippen molar-refractivity contribution in [1.82, 2.24) is 4.68 Å². The van der Waals surface area contributed by atoms with Crippen LogP contribution in [0.3, 0.4) is 0 Å². The number of fused-ring (bicyclic) bond motifs is 1. The third kappa shape index (κ3) is 2.25. The van der Waals surface area contributed by atoms with Gasteiger partial charge in [0.2, 0.25) is 0 Å². The number of nitrogens with zero attached hydrogens (tertiary/aromatic N) is 1. The van der Waals surface area contributed by atoms with E-state index in [1.807, 2.05) is 49.4 Å². The number of hydrogen-bond donors (Lipinski definition) is 2. The van der Waals surface area contributed by atoms with Crippen molar-refractivity contribution in [3.63, 3.8) is 0 Å². The summed E-state index contributed by atoms with van der Waals surface area (Å²) in [5.74, 6) is 0.356. The molecular weight excluding hydrogens is 260 g/mol. The van der Waals surface area contributed by atoms with Crippen LogP contribution in [0.25, 0.3) is 10.9 Å². The molecule has 0 bridgehead atoms. The number of hydrogen-bond acceptors (Lipinski definition) is 2. The second kappa shape index (κ2) is 5.17. The number of phenolic OH excluding ortho intramolecular Hbond substituents is 1. The van der Waals surface area contributed by atoms with Crippen LogP contribution >= 0.6 is 0 Å². The van der Waals surface area contributed by atoms with E-state index >= 15 is 0 Å². The molecule has 0 atom stereocenters. The van der Waals surface area contributed by atoms with E-state index < -0.39 is 0 Å². The van der Waals surface area contributed by atoms with Crippen LogP contribution in [0.15, 0.2) is 42.5 Å². The number of benzene rings is 2. The van der Waals surface area contributed by atoms with Gasteiger partial charge in [0.05, 0.1) is 11.2 Å². The maximum atomic E-state index is 10.00. The Morgan fingerprint density at radius 2 is 1.81 bits per heavy atom. The summed E-state index contributed by atoms with van der Waals surface area (Å²) < 4.78 is 2.11. The molecule has 0 radical (unpaired) electrons. The van der Waals surface area contributed by atoms with Crippen LogP contribution < -0.4 is 5.43 Å². The fourth-order valence-corrected chi connectivity index (χ4v) is 2.85. The molecule has 0 spiro atoms. The number of phenols is 1. The van der Waals surface area contributed by atoms with E-state index in [4.69, 9.17) is 0 Å². The van der Waals surface area contributed by atoms with E-state index in [0.717, 1.165) is 28.6 Å². The molecule has 0 aliphatic carbocycles. The van der Waals surface area contributed by atoms with Gasteiger partial charge in [-0.15, -0.1) is 0 Å². The average Bonchev–Trinajstić information content (AvgIpc) is 2.73. The third-order valence-corrected chi connectivity index (χ3v) is 4.02. The smallest absolute Gasteiger partial charge is 0.119 e. The first kappa shape index (κ1) is 13.6. The quantitative estimate of drug-likeness (QED) is 0.746. The lowest BCUT2D eigenvalue weighted by atomic mass is 10.1. The first-order chi connectivity index (χ1) is 10.1. The minimum atomic E-state index is 0.356. The predicted octanol–water partition coefficient (Wildman–Crippen LogP) is 4.40. The summed E-state index contributed by atoms with van der Waals surface area (Å²) in [6.07, 6.45) is 0.939. The lowest BCUT2D eigenvalue weighted by molar-refractivity contribution is 0.472. The van der Waals surface area contributed by atoms with Crippen molar-refractivity contribution >= 4 is 16.6 Å². The number of aromatic hydroxyl groups is 1. The van der Waals surface area contributed by atoms with Crippen molar-refractivity contribution in [3.8, 4) is 5.75 Å². The third-order valence-electron chi connectivity index (χ3n) is 4.02. The Labute approximate surface area is 124 Å². The summed E-state index contributed by atoms with van der Waals surface area (Å²) in [5, 5.41) is 11.1. The number of anilines is 1. The summed E-state index contributed by atoms with van der Waals surface area (Å²) in [4.78, 5) is 0. The van der Waals surface area contributed by atoms with Crippen molar-refractivity contribution < 1.29 is 5.11 Å². The van der Waals surface area contributed by atoms with Crippen LogP contribution in [0.5, 0.6) is 5.75 Å². The molecule has 2 aromatic carbocycles. The molecule has 0 aliphatic rings. The summed E-state index contributed by atoms with van der Waals surface area (Å²) >= 11 is 0. The van der Waals surface area contributed by atoms with E-state index in [1.54, 1.807) is 0 Å². The Bertz CT molecular complexity index is 788. The molecule has 0 unspecified atom stereocenters. The maximum absolute atomic E-state index is 10.00. The molecule has 0 amide bonds. The molecule has 3 rings (SSSR count). The van der Waals surface area contributed by atoms with Crippen LogP contribution in [-0.4, -0.2) is 9.78 Å². The lowest BCUT2D eigenvalue weighted by Gasteiger charge is -2.12. The van der Waals surface area contributed by atoms with Gasteiger partial charge in [0.1, 0.15) is 5.75 Å². The van der Waals surface area contributed by atoms with Crippen LogP contribution in [0.1, 0.15) is 23.7 Å². The maximum Gasteiger partial charge on any atom is 0.119 e. The van der Waals surface area contributed by atoms with E-state index in [2.05, 4.69) is 23.9 Å². The molecule has 3 heteroatoms. The largest absolute Gasteiger partial charge is 0.508 e. The van der Waals surface area contributed by atoms with Crippen molar-refractivity contribution in [2.45, 2.75) is 27.2 Å². The fraction of sp³-hybridized carbons (Fsp3) is 0.222. The molecule has 3 aromatic rings. The van der Waals surface area contributed by atoms with Gasteiger partial charge in [-0.3, -0.25) is 10.1 Å². The van der Waals surface area contributed by atoms with Gasteiger partial charge in [0.25, 0.3) is 0 Å². The number of nitrogens with one attached hydrogen (secondary N) is 1. The molecular formula is C18H20N2O. The zero-order chi connectivity index (χ0) is 15.0. The summed E-state index contributed by atoms with van der Waals surface area (Å²) in [6, 6.07) is 14.0. The molecule has 1 heterocycles. The van der Waals surface area contributed by atoms with E-state index in [-0.39, 0.29) is 0 Å². The first-order valence-corrected chi connectivity index (χ1v) is 7.27. The van der Waals surface area contributed by atoms with Gasteiger partial charge >= 0.3 is 0 Å². The molecule has 108 valence electrons. The molecule has 1 aromatic heterocycles. The van der Waals surface area contributed by atoms with E-state index in [9.17, 15) is 5.11 Å². The molecule has 0 saturated carbocycles. The molecule has 0 aliphatic heterocycles. The van der Waals surface area contributed by atoms with Crippen LogP contribution in [0.4, 0.5) is 5.69 Å². The van der Waals surface area contributed by atoms with Gasteiger partial charge in [0.15, 0.2) is 0 Å². The molecule has 0 saturated heterocycles. The van der Waals surface area contributed by atoms with Crippen LogP contribution in [0.2, 0.25) is 0 Å². The summed E-state index contributed by atoms with van der Waals surface area (Å²) in [6.45, 7) is 6.18. The topological polar surface area (TPSA) is 37.2 Å². The zero-order valence-electron chi connectivity index (χ0n) is 12.6. The number of aryl methyl sites for hydroxylation is 2. The van der Waals surface area contributed by atoms with Gasteiger partial charge in [-0.1, -0.05) is 25.1 Å². The van der Waals surface area contributed by atoms with E-state index in [0.29, 0.717) is 5.75 Å². The normalized spacial score (nSPS) is 11.0. The minimum absolute atomic E-state index is 0.356. The SMILES string of the molecule is CCc1c(C)n(Nc2ccccc2)c2cc(C)c(O)cc12. The monoisotopic (exact) mass is 280 g/mol. The number of aromatic nitrogens is 1. The highest BCUT2D eigenvalue weighted by atomic mass is 16.3. The van der Waals surface area contributed by atoms with Gasteiger partial charge in [-0.05, 0) is 55.7 Å². The van der Waals surface area contributed by atoms with Crippen molar-refractivity contribution in [1.29, 1.82) is 0 Å². The van der Waals surface area contributed by atoms with Gasteiger partial charge in [-0.25, -0.2) is 0 Å². The average molecular weight is 280 g/mol. The van der Waals surface area contributed by atoms with Crippen LogP contribution in [0, 0.1) is 13.8 Å². The zero-order valence-corrected chi connectivity index (χ0v) is 12.6. The highest BCUT2D eigenvalue weighted by Crippen LogP contribution is 2.31. The Kier molecular flexibility index (Phi) is 3.34. The Hall–Kier alpha value is -2.42. The highest BCUT2D eigenvalue weighted by molar-refractivity contribution is 5.88. The molecule has 3 nitrogen and oxygen atoms in total. The standard InChI is InChI=1S/C18H20N2O/c1-4-15-13(3)20(19-14-8-6-5-7-9-14)17-10-12(2)18(21)11-16(15)17/h5-11,19,21H,4H2,1-3H3. The van der Waals surface area contributed by atoms with Gasteiger partial charge in [0, 0.05) is 11.1 Å². The van der Waals surface area contributed by atoms with Crippen molar-refractivity contribution in [2.24, 2.45) is 0 Å². The lowest BCUT2D eigenvalue weighted by Crippen LogP contribution is -2.10. The van der Waals surface area contributed by atoms with E-state index in [1.165, 1.54) is 11.3 Å². The second-order valence-corrected chi connectivity index (χ2v) is 5.39. The van der Waals surface area contributed by atoms with Crippen LogP contribution in [-0.2, 0) is 6.42 Å². The highest BCUT2D eigenvalue weighted by Gasteiger charge is 2.14. The van der Waals surface area contributed by atoms with Crippen molar-refractivity contribution in [3.05, 3.63) is 59.3 Å². The first-order valence-electron chi connectivity index (χ1n) is 7.27. The fourth-order valence-electron chi connectivity index (χ4n) is 2.85. The Balaban J connectivity index is 2.22. The Morgan fingerprint density at radius 3 is 2.48 bits per heavy atom.